The number of rotatable bonds is 7. The number of halogens is 4. The van der Waals surface area contributed by atoms with Gasteiger partial charge in [0.05, 0.1) is 17.7 Å². The molecular formula is C18H20F4N4O. The second kappa shape index (κ2) is 8.32. The average Bonchev–Trinajstić information content (AvgIpc) is 2.56. The summed E-state index contributed by atoms with van der Waals surface area (Å²) >= 11 is 0. The van der Waals surface area contributed by atoms with Crippen LogP contribution in [0.5, 0.6) is 5.75 Å². The van der Waals surface area contributed by atoms with Gasteiger partial charge in [-0.25, -0.2) is 14.4 Å². The summed E-state index contributed by atoms with van der Waals surface area (Å²) in [6.07, 6.45) is -3.10. The predicted molar refractivity (Wildman–Crippen MR) is 94.9 cm³/mol. The van der Waals surface area contributed by atoms with Gasteiger partial charge >= 0.3 is 6.18 Å². The summed E-state index contributed by atoms with van der Waals surface area (Å²) in [6, 6.07) is 1.54. The van der Waals surface area contributed by atoms with Crippen molar-refractivity contribution in [3.05, 3.63) is 34.8 Å². The predicted octanol–water partition coefficient (Wildman–Crippen LogP) is 4.61. The number of aromatic hydroxyl groups is 1. The molecule has 2 rings (SSSR count). The van der Waals surface area contributed by atoms with Gasteiger partial charge in [-0.1, -0.05) is 13.3 Å². The number of aryl methyl sites for hydroxylation is 1. The van der Waals surface area contributed by atoms with Crippen LogP contribution in [-0.4, -0.2) is 34.0 Å². The van der Waals surface area contributed by atoms with E-state index in [1.807, 2.05) is 6.92 Å². The fourth-order valence-electron chi connectivity index (χ4n) is 2.57. The molecule has 5 nitrogen and oxygen atoms in total. The maximum atomic E-state index is 13.8. The van der Waals surface area contributed by atoms with Gasteiger partial charge in [0.2, 0.25) is 0 Å². The van der Waals surface area contributed by atoms with Crippen molar-refractivity contribution in [2.75, 3.05) is 11.9 Å². The largest absolute Gasteiger partial charge is 0.505 e. The zero-order chi connectivity index (χ0) is 20.2. The molecule has 1 aromatic carbocycles. The number of aromatic nitrogens is 2. The Bertz CT molecular complexity index is 837. The van der Waals surface area contributed by atoms with Crippen LogP contribution in [0.4, 0.5) is 23.4 Å². The topological polar surface area (TPSA) is 81.9 Å². The third-order valence-electron chi connectivity index (χ3n) is 3.91. The highest BCUT2D eigenvalue weighted by Gasteiger charge is 2.30. The van der Waals surface area contributed by atoms with E-state index in [1.165, 1.54) is 0 Å². The molecule has 0 radical (unpaired) electrons. The SMILES string of the molecule is CCCCNc1nc(-c2cc(F)c(O)cc2CC(F)(F)F)nc(C)c1C=N. The zero-order valence-electron chi connectivity index (χ0n) is 14.9. The van der Waals surface area contributed by atoms with Gasteiger partial charge in [-0.05, 0) is 31.0 Å². The first kappa shape index (κ1) is 20.6. The highest BCUT2D eigenvalue weighted by molar-refractivity contribution is 5.86. The monoisotopic (exact) mass is 384 g/mol. The third kappa shape index (κ3) is 5.15. The normalized spacial score (nSPS) is 11.5. The summed E-state index contributed by atoms with van der Waals surface area (Å²) in [5.74, 6) is -1.73. The van der Waals surface area contributed by atoms with Crippen LogP contribution in [-0.2, 0) is 6.42 Å². The number of benzene rings is 1. The summed E-state index contributed by atoms with van der Waals surface area (Å²) in [5.41, 5.74) is 0.302. The molecule has 9 heteroatoms. The van der Waals surface area contributed by atoms with Crippen LogP contribution in [0.2, 0.25) is 0 Å². The molecule has 1 aromatic heterocycles. The van der Waals surface area contributed by atoms with Crippen LogP contribution in [0.1, 0.15) is 36.6 Å². The highest BCUT2D eigenvalue weighted by Crippen LogP contribution is 2.33. The molecule has 0 spiro atoms. The number of anilines is 1. The average molecular weight is 384 g/mol. The van der Waals surface area contributed by atoms with E-state index in [-0.39, 0.29) is 17.0 Å². The van der Waals surface area contributed by atoms with Gasteiger partial charge in [0.15, 0.2) is 17.4 Å². The minimum Gasteiger partial charge on any atom is -0.505 e. The molecular weight excluding hydrogens is 364 g/mol. The van der Waals surface area contributed by atoms with Gasteiger partial charge in [-0.15, -0.1) is 0 Å². The number of hydrogen-bond acceptors (Lipinski definition) is 5. The van der Waals surface area contributed by atoms with Crippen molar-refractivity contribution in [2.45, 2.75) is 39.3 Å². The van der Waals surface area contributed by atoms with Crippen molar-refractivity contribution in [1.82, 2.24) is 9.97 Å². The maximum absolute atomic E-state index is 13.8. The van der Waals surface area contributed by atoms with E-state index in [0.717, 1.165) is 31.2 Å². The van der Waals surface area contributed by atoms with Crippen molar-refractivity contribution in [2.24, 2.45) is 0 Å². The Kier molecular flexibility index (Phi) is 6.35. The van der Waals surface area contributed by atoms with Crippen LogP contribution >= 0.6 is 0 Å². The van der Waals surface area contributed by atoms with Crippen LogP contribution in [0.3, 0.4) is 0 Å². The number of nitrogens with one attached hydrogen (secondary N) is 2. The molecule has 0 saturated carbocycles. The lowest BCUT2D eigenvalue weighted by Gasteiger charge is -2.15. The number of nitrogens with zero attached hydrogens (tertiary/aromatic N) is 2. The summed E-state index contributed by atoms with van der Waals surface area (Å²) in [7, 11) is 0. The second-order valence-corrected chi connectivity index (χ2v) is 6.07. The van der Waals surface area contributed by atoms with Gasteiger partial charge < -0.3 is 15.8 Å². The lowest BCUT2D eigenvalue weighted by Crippen LogP contribution is -2.14. The molecule has 0 unspecified atom stereocenters. The molecule has 0 saturated heterocycles. The molecule has 1 heterocycles. The quantitative estimate of drug-likeness (QED) is 0.370. The van der Waals surface area contributed by atoms with Gasteiger partial charge in [0.25, 0.3) is 0 Å². The van der Waals surface area contributed by atoms with Crippen molar-refractivity contribution in [3.63, 3.8) is 0 Å². The first-order valence-corrected chi connectivity index (χ1v) is 8.37. The van der Waals surface area contributed by atoms with Gasteiger partial charge in [-0.3, -0.25) is 0 Å². The zero-order valence-corrected chi connectivity index (χ0v) is 14.9. The van der Waals surface area contributed by atoms with E-state index in [4.69, 9.17) is 5.41 Å². The molecule has 27 heavy (non-hydrogen) atoms. The number of unbranched alkanes of at least 4 members (excludes halogenated alkanes) is 1. The van der Waals surface area contributed by atoms with E-state index < -0.39 is 24.2 Å². The van der Waals surface area contributed by atoms with Gasteiger partial charge in [0.1, 0.15) is 5.82 Å². The van der Waals surface area contributed by atoms with Gasteiger partial charge in [0, 0.05) is 18.3 Å². The molecule has 3 N–H and O–H groups in total. The summed E-state index contributed by atoms with van der Waals surface area (Å²) in [5, 5.41) is 20.0. The number of hydrogen-bond donors (Lipinski definition) is 3. The van der Waals surface area contributed by atoms with Crippen molar-refractivity contribution in [1.29, 1.82) is 5.41 Å². The van der Waals surface area contributed by atoms with Gasteiger partial charge in [-0.2, -0.15) is 13.2 Å². The Balaban J connectivity index is 2.59. The molecule has 0 fully saturated rings. The standard InChI is InChI=1S/C18H20F4N4O/c1-3-4-5-24-16-13(9-23)10(2)25-17(26-16)12-7-14(19)15(27)6-11(12)8-18(20,21)22/h6-7,9,23,27H,3-5,8H2,1-2H3,(H,24,25,26). The fourth-order valence-corrected chi connectivity index (χ4v) is 2.57. The second-order valence-electron chi connectivity index (χ2n) is 6.07. The smallest absolute Gasteiger partial charge is 0.393 e. The van der Waals surface area contributed by atoms with Crippen LogP contribution in [0.15, 0.2) is 12.1 Å². The van der Waals surface area contributed by atoms with Crippen molar-refractivity contribution < 1.29 is 22.7 Å². The third-order valence-corrected chi connectivity index (χ3v) is 3.91. The molecule has 0 aliphatic carbocycles. The van der Waals surface area contributed by atoms with E-state index in [0.29, 0.717) is 23.6 Å². The first-order valence-electron chi connectivity index (χ1n) is 8.37. The molecule has 0 amide bonds. The minimum atomic E-state index is -4.55. The van der Waals surface area contributed by atoms with Crippen molar-refractivity contribution in [3.8, 4) is 17.1 Å². The fraction of sp³-hybridized carbons (Fsp3) is 0.389. The summed E-state index contributed by atoms with van der Waals surface area (Å²) < 4.78 is 52.5. The minimum absolute atomic E-state index is 0.102. The Morgan fingerprint density at radius 3 is 2.56 bits per heavy atom. The van der Waals surface area contributed by atoms with Crippen LogP contribution in [0, 0.1) is 18.2 Å². The summed E-state index contributed by atoms with van der Waals surface area (Å²) in [4.78, 5) is 8.37. The lowest BCUT2D eigenvalue weighted by atomic mass is 10.0. The van der Waals surface area contributed by atoms with E-state index in [2.05, 4.69) is 15.3 Å². The molecule has 0 atom stereocenters. The number of phenolic OH excluding ortho intramolecular Hbond substituents is 1. The Morgan fingerprint density at radius 1 is 1.26 bits per heavy atom. The van der Waals surface area contributed by atoms with Crippen LogP contribution in [0.25, 0.3) is 11.4 Å². The lowest BCUT2D eigenvalue weighted by molar-refractivity contribution is -0.127. The molecule has 2 aromatic rings. The first-order chi connectivity index (χ1) is 12.7. The molecule has 0 bridgehead atoms. The molecule has 146 valence electrons. The Hall–Kier alpha value is -2.71. The maximum Gasteiger partial charge on any atom is 0.393 e. The number of phenols is 1. The van der Waals surface area contributed by atoms with Crippen LogP contribution < -0.4 is 5.32 Å². The Morgan fingerprint density at radius 2 is 1.96 bits per heavy atom. The highest BCUT2D eigenvalue weighted by atomic mass is 19.4. The van der Waals surface area contributed by atoms with E-state index in [1.54, 1.807) is 6.92 Å². The number of alkyl halides is 3. The Labute approximate surface area is 154 Å². The molecule has 0 aliphatic heterocycles. The van der Waals surface area contributed by atoms with E-state index >= 15 is 0 Å². The molecule has 0 aliphatic rings. The van der Waals surface area contributed by atoms with Crippen molar-refractivity contribution >= 4 is 12.0 Å². The summed E-state index contributed by atoms with van der Waals surface area (Å²) in [6.45, 7) is 4.15. The van der Waals surface area contributed by atoms with E-state index in [9.17, 15) is 22.7 Å².